The monoisotopic (exact) mass is 549 g/mol. The average molecular weight is 550 g/mol. The fourth-order valence-electron chi connectivity index (χ4n) is 4.02. The number of fused-ring (bicyclic) bond motifs is 1. The highest BCUT2D eigenvalue weighted by molar-refractivity contribution is 7.91. The maximum Gasteiger partial charge on any atom is 0.326 e. The van der Waals surface area contributed by atoms with E-state index in [0.29, 0.717) is 6.42 Å². The van der Waals surface area contributed by atoms with Crippen LogP contribution in [0.1, 0.15) is 52.5 Å². The number of carbonyl (C=O) groups excluding carboxylic acids is 2. The summed E-state index contributed by atoms with van der Waals surface area (Å²) in [5.74, 6) is -4.85. The minimum absolute atomic E-state index is 0.0572. The van der Waals surface area contributed by atoms with Crippen LogP contribution in [0.3, 0.4) is 0 Å². The number of aliphatic hydroxyl groups excluding tert-OH is 1. The van der Waals surface area contributed by atoms with Gasteiger partial charge >= 0.3 is 11.9 Å². The number of esters is 1. The molecule has 0 unspecified atom stereocenters. The van der Waals surface area contributed by atoms with Crippen LogP contribution in [-0.2, 0) is 35.4 Å². The number of benzene rings is 2. The Balaban J connectivity index is 2.26. The molecular formula is C28H39NO8S. The lowest BCUT2D eigenvalue weighted by molar-refractivity contribution is -0.155. The summed E-state index contributed by atoms with van der Waals surface area (Å²) in [5.41, 5.74) is -0.0582. The first-order valence-electron chi connectivity index (χ1n) is 12.8. The van der Waals surface area contributed by atoms with Gasteiger partial charge in [-0.1, -0.05) is 62.2 Å². The number of hydrogen-bond acceptors (Lipinski definition) is 7. The lowest BCUT2D eigenvalue weighted by Gasteiger charge is -2.22. The SMILES string of the molecule is CCCC[C@H](NC(=O)[C@H](Cc1cccc2ccccc12)CS(=O)(=O)C[C@H](O)COC(=O)C(C)(C)C)C(=O)O. The van der Waals surface area contributed by atoms with Crippen molar-refractivity contribution < 1.29 is 37.8 Å². The molecular weight excluding hydrogens is 510 g/mol. The number of carboxylic acid groups (broad SMARTS) is 1. The molecule has 10 heteroatoms. The first-order chi connectivity index (χ1) is 17.7. The zero-order valence-corrected chi connectivity index (χ0v) is 23.3. The van der Waals surface area contributed by atoms with Gasteiger partial charge in [0.1, 0.15) is 18.8 Å². The van der Waals surface area contributed by atoms with Crippen molar-refractivity contribution in [3.63, 3.8) is 0 Å². The van der Waals surface area contributed by atoms with Gasteiger partial charge in [-0.05, 0) is 49.9 Å². The van der Waals surface area contributed by atoms with Crippen LogP contribution >= 0.6 is 0 Å². The Morgan fingerprint density at radius 1 is 1.03 bits per heavy atom. The number of hydrogen-bond donors (Lipinski definition) is 3. The van der Waals surface area contributed by atoms with Gasteiger partial charge in [0, 0.05) is 0 Å². The van der Waals surface area contributed by atoms with E-state index in [1.54, 1.807) is 20.8 Å². The summed E-state index contributed by atoms with van der Waals surface area (Å²) in [4.78, 5) is 37.0. The molecule has 0 spiro atoms. The average Bonchev–Trinajstić information content (AvgIpc) is 2.83. The van der Waals surface area contributed by atoms with Gasteiger partial charge in [0.2, 0.25) is 5.91 Å². The summed E-state index contributed by atoms with van der Waals surface area (Å²) in [7, 11) is -4.00. The van der Waals surface area contributed by atoms with Crippen LogP contribution in [0.25, 0.3) is 10.8 Å². The zero-order valence-electron chi connectivity index (χ0n) is 22.5. The molecule has 2 rings (SSSR count). The van der Waals surface area contributed by atoms with Crippen molar-refractivity contribution in [2.24, 2.45) is 11.3 Å². The predicted molar refractivity (Wildman–Crippen MR) is 145 cm³/mol. The summed E-state index contributed by atoms with van der Waals surface area (Å²) < 4.78 is 31.1. The highest BCUT2D eigenvalue weighted by Crippen LogP contribution is 2.23. The highest BCUT2D eigenvalue weighted by atomic mass is 32.2. The molecule has 0 aromatic heterocycles. The first kappa shape index (κ1) is 31.2. The standard InChI is InChI=1S/C28H39NO8S/c1-5-6-14-24(26(32)33)29-25(31)21(15-20-12-9-11-19-10-7-8-13-23(19)20)17-38(35,36)18-22(30)16-37-27(34)28(2,3)4/h7-13,21-22,24,30H,5-6,14-18H2,1-4H3,(H,29,31)(H,32,33)/t21-,22-,24+/m1/s1. The number of carbonyl (C=O) groups is 3. The molecule has 210 valence electrons. The molecule has 1 amide bonds. The van der Waals surface area contributed by atoms with E-state index in [4.69, 9.17) is 4.74 Å². The van der Waals surface area contributed by atoms with E-state index in [0.717, 1.165) is 22.8 Å². The molecule has 0 aliphatic carbocycles. The number of rotatable bonds is 14. The Morgan fingerprint density at radius 3 is 2.32 bits per heavy atom. The Kier molecular flexibility index (Phi) is 11.3. The maximum absolute atomic E-state index is 13.3. The number of aliphatic hydroxyl groups is 1. The van der Waals surface area contributed by atoms with Gasteiger partial charge in [0.25, 0.3) is 0 Å². The largest absolute Gasteiger partial charge is 0.480 e. The van der Waals surface area contributed by atoms with Crippen LogP contribution in [0.5, 0.6) is 0 Å². The van der Waals surface area contributed by atoms with Crippen molar-refractivity contribution in [1.29, 1.82) is 0 Å². The Bertz CT molecular complexity index is 1210. The number of sulfone groups is 1. The summed E-state index contributed by atoms with van der Waals surface area (Å²) >= 11 is 0. The summed E-state index contributed by atoms with van der Waals surface area (Å²) in [6, 6.07) is 11.9. The molecule has 9 nitrogen and oxygen atoms in total. The summed E-state index contributed by atoms with van der Waals surface area (Å²) in [5, 5.41) is 24.1. The van der Waals surface area contributed by atoms with Crippen LogP contribution in [0, 0.1) is 11.3 Å². The van der Waals surface area contributed by atoms with Crippen LogP contribution in [0.2, 0.25) is 0 Å². The van der Waals surface area contributed by atoms with Crippen molar-refractivity contribution in [3.05, 3.63) is 48.0 Å². The minimum Gasteiger partial charge on any atom is -0.480 e. The molecule has 0 fully saturated rings. The quantitative estimate of drug-likeness (QED) is 0.305. The van der Waals surface area contributed by atoms with Crippen molar-refractivity contribution in [1.82, 2.24) is 5.32 Å². The topological polar surface area (TPSA) is 147 Å². The van der Waals surface area contributed by atoms with Crippen LogP contribution in [-0.4, -0.2) is 66.7 Å². The molecule has 38 heavy (non-hydrogen) atoms. The molecule has 2 aromatic carbocycles. The van der Waals surface area contributed by atoms with Gasteiger partial charge in [-0.2, -0.15) is 0 Å². The molecule has 3 atom stereocenters. The Labute approximate surface area is 224 Å². The van der Waals surface area contributed by atoms with Gasteiger partial charge in [-0.15, -0.1) is 0 Å². The number of unbranched alkanes of at least 4 members (excludes halogenated alkanes) is 1. The van der Waals surface area contributed by atoms with Gasteiger partial charge in [-0.25, -0.2) is 13.2 Å². The Morgan fingerprint density at radius 2 is 1.68 bits per heavy atom. The third-order valence-corrected chi connectivity index (χ3v) is 7.90. The molecule has 0 aliphatic heterocycles. The second-order valence-corrected chi connectivity index (χ2v) is 12.8. The molecule has 0 radical (unpaired) electrons. The van der Waals surface area contributed by atoms with Crippen LogP contribution in [0.15, 0.2) is 42.5 Å². The maximum atomic E-state index is 13.3. The Hall–Kier alpha value is -2.98. The number of carboxylic acids is 1. The molecule has 2 aromatic rings. The van der Waals surface area contributed by atoms with Crippen molar-refractivity contribution in [3.8, 4) is 0 Å². The van der Waals surface area contributed by atoms with E-state index in [-0.39, 0.29) is 12.8 Å². The van der Waals surface area contributed by atoms with Crippen molar-refractivity contribution in [2.45, 2.75) is 65.5 Å². The molecule has 3 N–H and O–H groups in total. The van der Waals surface area contributed by atoms with E-state index >= 15 is 0 Å². The third-order valence-electron chi connectivity index (χ3n) is 6.10. The van der Waals surface area contributed by atoms with Gasteiger partial charge < -0.3 is 20.3 Å². The van der Waals surface area contributed by atoms with Crippen LogP contribution in [0.4, 0.5) is 0 Å². The van der Waals surface area contributed by atoms with E-state index in [1.165, 1.54) is 0 Å². The summed E-state index contributed by atoms with van der Waals surface area (Å²) in [6.45, 7) is 6.33. The fourth-order valence-corrected chi connectivity index (χ4v) is 5.72. The van der Waals surface area contributed by atoms with Gasteiger partial charge in [0.05, 0.1) is 22.8 Å². The van der Waals surface area contributed by atoms with Crippen molar-refractivity contribution in [2.75, 3.05) is 18.1 Å². The molecule has 0 heterocycles. The van der Waals surface area contributed by atoms with Crippen LogP contribution < -0.4 is 5.32 Å². The number of nitrogens with one attached hydrogen (secondary N) is 1. The summed E-state index contributed by atoms with van der Waals surface area (Å²) in [6.07, 6.45) is 0.141. The molecule has 0 saturated heterocycles. The zero-order chi connectivity index (χ0) is 28.5. The lowest BCUT2D eigenvalue weighted by Crippen LogP contribution is -2.46. The second kappa shape index (κ2) is 13.7. The number of aliphatic carboxylic acids is 1. The molecule has 0 saturated carbocycles. The second-order valence-electron chi connectivity index (χ2n) is 10.7. The minimum atomic E-state index is -4.00. The molecule has 0 aliphatic rings. The number of amides is 1. The normalized spacial score (nSPS) is 14.4. The third kappa shape index (κ3) is 9.72. The lowest BCUT2D eigenvalue weighted by atomic mass is 9.95. The van der Waals surface area contributed by atoms with E-state index < -0.39 is 69.3 Å². The predicted octanol–water partition coefficient (Wildman–Crippen LogP) is 3.12. The highest BCUT2D eigenvalue weighted by Gasteiger charge is 2.31. The molecule has 0 bridgehead atoms. The van der Waals surface area contributed by atoms with Crippen molar-refractivity contribution >= 4 is 38.5 Å². The number of ether oxygens (including phenoxy) is 1. The van der Waals surface area contributed by atoms with Gasteiger partial charge in [0.15, 0.2) is 9.84 Å². The first-order valence-corrected chi connectivity index (χ1v) is 14.6. The van der Waals surface area contributed by atoms with E-state index in [9.17, 15) is 33.0 Å². The smallest absolute Gasteiger partial charge is 0.326 e. The van der Waals surface area contributed by atoms with E-state index in [1.807, 2.05) is 49.4 Å². The van der Waals surface area contributed by atoms with E-state index in [2.05, 4.69) is 5.32 Å². The fraction of sp³-hybridized carbons (Fsp3) is 0.536. The van der Waals surface area contributed by atoms with Gasteiger partial charge in [-0.3, -0.25) is 9.59 Å².